The summed E-state index contributed by atoms with van der Waals surface area (Å²) in [6.07, 6.45) is 3.45. The number of benzene rings is 1. The highest BCUT2D eigenvalue weighted by atomic mass is 32.2. The summed E-state index contributed by atoms with van der Waals surface area (Å²) in [6.45, 7) is 0. The minimum atomic E-state index is -0.481. The molecule has 1 aromatic carbocycles. The number of aromatic nitrogens is 1. The van der Waals surface area contributed by atoms with Gasteiger partial charge in [-0.3, -0.25) is 0 Å². The molecule has 0 bridgehead atoms. The molecule has 0 aliphatic heterocycles. The number of hydrogen-bond acceptors (Lipinski definition) is 6. The van der Waals surface area contributed by atoms with Crippen molar-refractivity contribution in [2.75, 3.05) is 24.4 Å². The normalized spacial score (nSPS) is 10.1. The topological polar surface area (TPSA) is 77.2 Å². The first-order valence-electron chi connectivity index (χ1n) is 5.89. The van der Waals surface area contributed by atoms with Crippen LogP contribution in [0.3, 0.4) is 0 Å². The summed E-state index contributed by atoms with van der Waals surface area (Å²) in [5.41, 5.74) is 7.19. The molecule has 1 aromatic heterocycles. The Morgan fingerprint density at radius 1 is 1.40 bits per heavy atom. The van der Waals surface area contributed by atoms with Crippen molar-refractivity contribution in [3.63, 3.8) is 0 Å². The maximum atomic E-state index is 11.6. The number of rotatable bonds is 4. The Morgan fingerprint density at radius 2 is 2.20 bits per heavy atom. The summed E-state index contributed by atoms with van der Waals surface area (Å²) in [6, 6.07) is 9.47. The SMILES string of the molecule is COC(=O)c1cc(Nc2cccc(SC)c2)ncc1N. The van der Waals surface area contributed by atoms with E-state index in [9.17, 15) is 4.79 Å². The fourth-order valence-corrected chi connectivity index (χ4v) is 2.13. The average Bonchev–Trinajstić information content (AvgIpc) is 2.48. The van der Waals surface area contributed by atoms with Gasteiger partial charge in [-0.15, -0.1) is 11.8 Å². The van der Waals surface area contributed by atoms with Crippen molar-refractivity contribution >= 4 is 34.9 Å². The van der Waals surface area contributed by atoms with Crippen LogP contribution in [0.15, 0.2) is 41.4 Å². The smallest absolute Gasteiger partial charge is 0.340 e. The second-order valence-electron chi connectivity index (χ2n) is 4.01. The van der Waals surface area contributed by atoms with E-state index < -0.39 is 5.97 Å². The second kappa shape index (κ2) is 6.29. The molecule has 0 amide bonds. The number of ether oxygens (including phenoxy) is 1. The van der Waals surface area contributed by atoms with Crippen LogP contribution in [0.25, 0.3) is 0 Å². The molecule has 0 radical (unpaired) electrons. The zero-order valence-corrected chi connectivity index (χ0v) is 12.0. The summed E-state index contributed by atoms with van der Waals surface area (Å²) >= 11 is 1.65. The van der Waals surface area contributed by atoms with E-state index in [1.165, 1.54) is 13.3 Å². The van der Waals surface area contributed by atoms with Crippen molar-refractivity contribution < 1.29 is 9.53 Å². The van der Waals surface area contributed by atoms with Crippen LogP contribution in [-0.2, 0) is 4.74 Å². The van der Waals surface area contributed by atoms with E-state index >= 15 is 0 Å². The standard InChI is InChI=1S/C14H15N3O2S/c1-19-14(18)11-7-13(16-8-12(11)15)17-9-4-3-5-10(6-9)20-2/h3-8H,15H2,1-2H3,(H,16,17). The molecule has 0 fully saturated rings. The number of pyridine rings is 1. The van der Waals surface area contributed by atoms with Gasteiger partial charge in [0.2, 0.25) is 0 Å². The Balaban J connectivity index is 2.27. The molecule has 6 heteroatoms. The lowest BCUT2D eigenvalue weighted by molar-refractivity contribution is 0.0602. The van der Waals surface area contributed by atoms with Gasteiger partial charge in [0.1, 0.15) is 5.82 Å². The van der Waals surface area contributed by atoms with Crippen molar-refractivity contribution in [1.82, 2.24) is 4.98 Å². The number of anilines is 3. The van der Waals surface area contributed by atoms with Crippen molar-refractivity contribution in [3.05, 3.63) is 42.1 Å². The van der Waals surface area contributed by atoms with Gasteiger partial charge < -0.3 is 15.8 Å². The molecule has 0 atom stereocenters. The minimum Gasteiger partial charge on any atom is -0.465 e. The van der Waals surface area contributed by atoms with Gasteiger partial charge >= 0.3 is 5.97 Å². The van der Waals surface area contributed by atoms with Gasteiger partial charge in [0.25, 0.3) is 0 Å². The predicted octanol–water partition coefficient (Wildman–Crippen LogP) is 2.92. The molecule has 0 aliphatic rings. The number of methoxy groups -OCH3 is 1. The maximum absolute atomic E-state index is 11.6. The van der Waals surface area contributed by atoms with E-state index in [1.807, 2.05) is 30.5 Å². The molecule has 2 rings (SSSR count). The van der Waals surface area contributed by atoms with Crippen LogP contribution in [0.2, 0.25) is 0 Å². The average molecular weight is 289 g/mol. The Kier molecular flexibility index (Phi) is 4.47. The van der Waals surface area contributed by atoms with Gasteiger partial charge in [0.05, 0.1) is 24.6 Å². The lowest BCUT2D eigenvalue weighted by Gasteiger charge is -2.09. The number of thioether (sulfide) groups is 1. The third-order valence-corrected chi connectivity index (χ3v) is 3.41. The molecule has 0 saturated heterocycles. The van der Waals surface area contributed by atoms with Gasteiger partial charge in [-0.05, 0) is 30.5 Å². The minimum absolute atomic E-state index is 0.292. The lowest BCUT2D eigenvalue weighted by Crippen LogP contribution is -2.07. The number of nitrogens with one attached hydrogen (secondary N) is 1. The van der Waals surface area contributed by atoms with E-state index in [1.54, 1.807) is 17.8 Å². The van der Waals surface area contributed by atoms with Gasteiger partial charge in [-0.1, -0.05) is 6.07 Å². The van der Waals surface area contributed by atoms with Crippen LogP contribution in [0.1, 0.15) is 10.4 Å². The summed E-state index contributed by atoms with van der Waals surface area (Å²) < 4.78 is 4.68. The number of nitrogen functional groups attached to an aromatic ring is 1. The molecule has 20 heavy (non-hydrogen) atoms. The van der Waals surface area contributed by atoms with E-state index in [4.69, 9.17) is 5.73 Å². The lowest BCUT2D eigenvalue weighted by atomic mass is 10.2. The first kappa shape index (κ1) is 14.2. The molecule has 0 spiro atoms. The number of esters is 1. The summed E-state index contributed by atoms with van der Waals surface area (Å²) in [5.74, 6) is 0.0590. The van der Waals surface area contributed by atoms with Crippen LogP contribution in [0.4, 0.5) is 17.2 Å². The Morgan fingerprint density at radius 3 is 2.90 bits per heavy atom. The zero-order chi connectivity index (χ0) is 14.5. The highest BCUT2D eigenvalue weighted by molar-refractivity contribution is 7.98. The van der Waals surface area contributed by atoms with Crippen molar-refractivity contribution in [2.24, 2.45) is 0 Å². The van der Waals surface area contributed by atoms with Crippen LogP contribution in [0.5, 0.6) is 0 Å². The van der Waals surface area contributed by atoms with Crippen molar-refractivity contribution in [2.45, 2.75) is 4.90 Å². The van der Waals surface area contributed by atoms with Crippen LogP contribution >= 0.6 is 11.8 Å². The van der Waals surface area contributed by atoms with Gasteiger partial charge in [-0.2, -0.15) is 0 Å². The van der Waals surface area contributed by atoms with Crippen LogP contribution < -0.4 is 11.1 Å². The molecule has 1 heterocycles. The molecule has 0 aliphatic carbocycles. The Hall–Kier alpha value is -2.21. The Labute approximate surface area is 121 Å². The van der Waals surface area contributed by atoms with E-state index in [2.05, 4.69) is 15.0 Å². The fraction of sp³-hybridized carbons (Fsp3) is 0.143. The quantitative estimate of drug-likeness (QED) is 0.665. The molecule has 0 unspecified atom stereocenters. The van der Waals surface area contributed by atoms with E-state index in [0.29, 0.717) is 17.1 Å². The Bertz CT molecular complexity index is 632. The highest BCUT2D eigenvalue weighted by Gasteiger charge is 2.11. The van der Waals surface area contributed by atoms with Crippen molar-refractivity contribution in [3.8, 4) is 0 Å². The number of hydrogen-bond donors (Lipinski definition) is 2. The number of carbonyl (C=O) groups excluding carboxylic acids is 1. The predicted molar refractivity (Wildman–Crippen MR) is 81.5 cm³/mol. The summed E-state index contributed by atoms with van der Waals surface area (Å²) in [5, 5.41) is 3.14. The summed E-state index contributed by atoms with van der Waals surface area (Å²) in [4.78, 5) is 16.9. The molecule has 3 N–H and O–H groups in total. The zero-order valence-electron chi connectivity index (χ0n) is 11.2. The van der Waals surface area contributed by atoms with E-state index in [-0.39, 0.29) is 0 Å². The van der Waals surface area contributed by atoms with E-state index in [0.717, 1.165) is 10.6 Å². The first-order chi connectivity index (χ1) is 9.63. The van der Waals surface area contributed by atoms with Crippen LogP contribution in [0, 0.1) is 0 Å². The van der Waals surface area contributed by atoms with Crippen LogP contribution in [-0.4, -0.2) is 24.3 Å². The third kappa shape index (κ3) is 3.21. The number of nitrogens with two attached hydrogens (primary N) is 1. The molecular formula is C14H15N3O2S. The molecular weight excluding hydrogens is 274 g/mol. The second-order valence-corrected chi connectivity index (χ2v) is 4.88. The molecule has 0 saturated carbocycles. The summed E-state index contributed by atoms with van der Waals surface area (Å²) in [7, 11) is 1.32. The fourth-order valence-electron chi connectivity index (χ4n) is 1.67. The largest absolute Gasteiger partial charge is 0.465 e. The van der Waals surface area contributed by atoms with Crippen molar-refractivity contribution in [1.29, 1.82) is 0 Å². The third-order valence-electron chi connectivity index (χ3n) is 2.68. The number of carbonyl (C=O) groups is 1. The first-order valence-corrected chi connectivity index (χ1v) is 7.11. The highest BCUT2D eigenvalue weighted by Crippen LogP contribution is 2.23. The molecule has 5 nitrogen and oxygen atoms in total. The monoisotopic (exact) mass is 289 g/mol. The van der Waals surface area contributed by atoms with Gasteiger partial charge in [-0.25, -0.2) is 9.78 Å². The molecule has 2 aromatic rings. The van der Waals surface area contributed by atoms with Gasteiger partial charge in [0.15, 0.2) is 0 Å². The maximum Gasteiger partial charge on any atom is 0.340 e. The van der Waals surface area contributed by atoms with Gasteiger partial charge in [0, 0.05) is 10.6 Å². The molecule has 104 valence electrons. The number of nitrogens with zero attached hydrogens (tertiary/aromatic N) is 1.